The van der Waals surface area contributed by atoms with E-state index < -0.39 is 5.60 Å². The molecule has 9 nitrogen and oxygen atoms in total. The molecule has 1 heterocycles. The van der Waals surface area contributed by atoms with Crippen molar-refractivity contribution in [2.75, 3.05) is 85.4 Å². The van der Waals surface area contributed by atoms with Crippen LogP contribution >= 0.6 is 0 Å². The Morgan fingerprint density at radius 3 is 2.00 bits per heavy atom. The molecule has 1 atom stereocenters. The summed E-state index contributed by atoms with van der Waals surface area (Å²) in [5.74, 6) is 0.607. The topological polar surface area (TPSA) is 93.3 Å². The Bertz CT molecular complexity index is 699. The lowest BCUT2D eigenvalue weighted by atomic mass is 10.0. The summed E-state index contributed by atoms with van der Waals surface area (Å²) in [5, 5.41) is 10.4. The van der Waals surface area contributed by atoms with Crippen molar-refractivity contribution in [2.24, 2.45) is 0 Å². The van der Waals surface area contributed by atoms with Gasteiger partial charge in [-0.05, 0) is 51.8 Å². The van der Waals surface area contributed by atoms with Crippen molar-refractivity contribution < 1.29 is 23.7 Å². The fourth-order valence-electron chi connectivity index (χ4n) is 3.86. The maximum Gasteiger partial charge on any atom is 0.324 e. The van der Waals surface area contributed by atoms with E-state index in [2.05, 4.69) is 20.9 Å². The van der Waals surface area contributed by atoms with Gasteiger partial charge in [0.05, 0.1) is 19.8 Å². The minimum atomic E-state index is -0.535. The lowest BCUT2D eigenvalue weighted by Gasteiger charge is -2.33. The number of carbonyl (C=O) groups is 1. The summed E-state index contributed by atoms with van der Waals surface area (Å²) in [4.78, 5) is 15.6. The first-order valence-corrected chi connectivity index (χ1v) is 13.4. The van der Waals surface area contributed by atoms with Crippen LogP contribution in [0.5, 0.6) is 5.75 Å². The van der Waals surface area contributed by atoms with E-state index in [-0.39, 0.29) is 12.0 Å². The van der Waals surface area contributed by atoms with Crippen molar-refractivity contribution in [3.05, 3.63) is 29.8 Å². The smallest absolute Gasteiger partial charge is 0.324 e. The highest BCUT2D eigenvalue weighted by molar-refractivity contribution is 5.76. The van der Waals surface area contributed by atoms with Gasteiger partial charge in [0.1, 0.15) is 24.0 Å². The molecular weight excluding hydrogens is 460 g/mol. The first-order chi connectivity index (χ1) is 17.4. The summed E-state index contributed by atoms with van der Waals surface area (Å²) >= 11 is 0. The Morgan fingerprint density at radius 1 is 0.861 bits per heavy atom. The van der Waals surface area contributed by atoms with Crippen LogP contribution in [0, 0.1) is 0 Å². The Morgan fingerprint density at radius 2 is 1.42 bits per heavy atom. The Balaban J connectivity index is 1.98. The van der Waals surface area contributed by atoms with Crippen LogP contribution in [0.4, 0.5) is 0 Å². The fourth-order valence-corrected chi connectivity index (χ4v) is 3.86. The highest BCUT2D eigenvalue weighted by atomic mass is 16.6. The number of hydrogen-bond acceptors (Lipinski definition) is 9. The van der Waals surface area contributed by atoms with Crippen LogP contribution in [-0.2, 0) is 25.4 Å². The highest BCUT2D eigenvalue weighted by Gasteiger charge is 2.30. The quantitative estimate of drug-likeness (QED) is 0.287. The summed E-state index contributed by atoms with van der Waals surface area (Å²) in [6, 6.07) is 7.60. The third-order valence-corrected chi connectivity index (χ3v) is 5.65. The SMILES string of the molecule is CCOCCOCCOc1ccc(CC(C(=O)OC(C)(C)C)N2CCNCCNCCNCC2)cc1. The normalized spacial score (nSPS) is 17.6. The van der Waals surface area contributed by atoms with E-state index in [0.717, 1.165) is 63.7 Å². The number of carbonyl (C=O) groups excluding carboxylic acids is 1. The van der Waals surface area contributed by atoms with Crippen LogP contribution in [-0.4, -0.2) is 108 Å². The van der Waals surface area contributed by atoms with Gasteiger partial charge in [0.15, 0.2) is 0 Å². The fraction of sp³-hybridized carbons (Fsp3) is 0.741. The molecule has 1 aromatic carbocycles. The molecule has 1 saturated heterocycles. The molecule has 1 aliphatic rings. The van der Waals surface area contributed by atoms with Crippen molar-refractivity contribution in [3.63, 3.8) is 0 Å². The van der Waals surface area contributed by atoms with Crippen molar-refractivity contribution >= 4 is 5.97 Å². The summed E-state index contributed by atoms with van der Waals surface area (Å²) in [5.41, 5.74) is 0.536. The molecule has 0 aliphatic carbocycles. The van der Waals surface area contributed by atoms with Crippen molar-refractivity contribution in [2.45, 2.75) is 45.8 Å². The predicted octanol–water partition coefficient (Wildman–Crippen LogP) is 1.46. The minimum Gasteiger partial charge on any atom is -0.491 e. The molecule has 1 aliphatic heterocycles. The molecular formula is C27H48N4O5. The first-order valence-electron chi connectivity index (χ1n) is 13.4. The largest absolute Gasteiger partial charge is 0.491 e. The molecule has 2 rings (SSSR count). The summed E-state index contributed by atoms with van der Waals surface area (Å²) in [6.45, 7) is 17.5. The Kier molecular flexibility index (Phi) is 15.0. The second kappa shape index (κ2) is 17.7. The highest BCUT2D eigenvalue weighted by Crippen LogP contribution is 2.18. The number of esters is 1. The number of nitrogens with one attached hydrogen (secondary N) is 3. The third-order valence-electron chi connectivity index (χ3n) is 5.65. The molecule has 0 saturated carbocycles. The Labute approximate surface area is 217 Å². The average Bonchev–Trinajstić information content (AvgIpc) is 2.82. The third kappa shape index (κ3) is 13.5. The van der Waals surface area contributed by atoms with Crippen LogP contribution in [0.25, 0.3) is 0 Å². The van der Waals surface area contributed by atoms with E-state index in [1.54, 1.807) is 0 Å². The van der Waals surface area contributed by atoms with Crippen LogP contribution in [0.3, 0.4) is 0 Å². The first kappa shape index (κ1) is 30.5. The van der Waals surface area contributed by atoms with Crippen LogP contribution in [0.1, 0.15) is 33.3 Å². The second-order valence-electron chi connectivity index (χ2n) is 9.84. The molecule has 0 radical (unpaired) electrons. The summed E-state index contributed by atoms with van der Waals surface area (Å²) < 4.78 is 22.4. The summed E-state index contributed by atoms with van der Waals surface area (Å²) in [6.07, 6.45) is 0.581. The van der Waals surface area contributed by atoms with Gasteiger partial charge in [0.2, 0.25) is 0 Å². The van der Waals surface area contributed by atoms with Gasteiger partial charge in [0.25, 0.3) is 0 Å². The molecule has 1 aromatic rings. The van der Waals surface area contributed by atoms with E-state index >= 15 is 0 Å². The molecule has 36 heavy (non-hydrogen) atoms. The number of hydrogen-bond donors (Lipinski definition) is 3. The van der Waals surface area contributed by atoms with Gasteiger partial charge in [-0.15, -0.1) is 0 Å². The lowest BCUT2D eigenvalue weighted by Crippen LogP contribution is -2.51. The standard InChI is InChI=1S/C27H48N4O5/c1-5-33-18-19-34-20-21-35-24-8-6-23(7-9-24)22-25(26(32)36-27(2,3)4)31-16-14-29-12-10-28-11-13-30-15-17-31/h6-9,25,28-30H,5,10-22H2,1-4H3. The van der Waals surface area contributed by atoms with E-state index in [0.29, 0.717) is 39.5 Å². The monoisotopic (exact) mass is 508 g/mol. The lowest BCUT2D eigenvalue weighted by molar-refractivity contribution is -0.161. The maximum absolute atomic E-state index is 13.3. The van der Waals surface area contributed by atoms with Gasteiger partial charge in [0, 0.05) is 59.0 Å². The van der Waals surface area contributed by atoms with Gasteiger partial charge in [-0.1, -0.05) is 12.1 Å². The zero-order valence-corrected chi connectivity index (χ0v) is 22.8. The van der Waals surface area contributed by atoms with Gasteiger partial charge >= 0.3 is 5.97 Å². The predicted molar refractivity (Wildman–Crippen MR) is 143 cm³/mol. The van der Waals surface area contributed by atoms with E-state index in [4.69, 9.17) is 18.9 Å². The molecule has 0 bridgehead atoms. The zero-order valence-electron chi connectivity index (χ0n) is 22.8. The van der Waals surface area contributed by atoms with Crippen molar-refractivity contribution in [1.82, 2.24) is 20.9 Å². The molecule has 9 heteroatoms. The molecule has 206 valence electrons. The zero-order chi connectivity index (χ0) is 26.1. The number of nitrogens with zero attached hydrogens (tertiary/aromatic N) is 1. The van der Waals surface area contributed by atoms with Crippen molar-refractivity contribution in [1.29, 1.82) is 0 Å². The molecule has 3 N–H and O–H groups in total. The van der Waals surface area contributed by atoms with Crippen molar-refractivity contribution in [3.8, 4) is 5.75 Å². The second-order valence-corrected chi connectivity index (χ2v) is 9.84. The van der Waals surface area contributed by atoms with E-state index in [9.17, 15) is 4.79 Å². The molecule has 0 aromatic heterocycles. The van der Waals surface area contributed by atoms with E-state index in [1.807, 2.05) is 52.0 Å². The van der Waals surface area contributed by atoms with Gasteiger partial charge in [-0.25, -0.2) is 0 Å². The van der Waals surface area contributed by atoms with Crippen LogP contribution < -0.4 is 20.7 Å². The molecule has 0 spiro atoms. The Hall–Kier alpha value is -1.75. The minimum absolute atomic E-state index is 0.180. The van der Waals surface area contributed by atoms with Gasteiger partial charge in [-0.3, -0.25) is 9.69 Å². The van der Waals surface area contributed by atoms with Crippen LogP contribution in [0.2, 0.25) is 0 Å². The maximum atomic E-state index is 13.3. The number of benzene rings is 1. The van der Waals surface area contributed by atoms with E-state index in [1.165, 1.54) is 0 Å². The van der Waals surface area contributed by atoms with Gasteiger partial charge in [-0.2, -0.15) is 0 Å². The molecule has 1 unspecified atom stereocenters. The molecule has 1 fully saturated rings. The molecule has 0 amide bonds. The number of rotatable bonds is 12. The summed E-state index contributed by atoms with van der Waals surface area (Å²) in [7, 11) is 0. The van der Waals surface area contributed by atoms with Gasteiger partial charge < -0.3 is 34.9 Å². The average molecular weight is 509 g/mol. The number of ether oxygens (including phenoxy) is 4. The van der Waals surface area contributed by atoms with Crippen LogP contribution in [0.15, 0.2) is 24.3 Å².